The molecule has 1 unspecified atom stereocenters. The first-order chi connectivity index (χ1) is 10.0. The Kier molecular flexibility index (Phi) is 3.47. The molecule has 0 radical (unpaired) electrons. The number of nitrogens with one attached hydrogen (secondary N) is 2. The van der Waals surface area contributed by atoms with Crippen molar-refractivity contribution in [1.29, 1.82) is 0 Å². The van der Waals surface area contributed by atoms with Crippen LogP contribution < -0.4 is 16.8 Å². The highest BCUT2D eigenvalue weighted by atomic mass is 79.9. The Morgan fingerprint density at radius 3 is 2.90 bits per heavy atom. The maximum absolute atomic E-state index is 11.2. The second-order valence-electron chi connectivity index (χ2n) is 4.87. The molecule has 3 aromatic rings. The minimum absolute atomic E-state index is 0.0703. The third-order valence-corrected chi connectivity index (χ3v) is 3.81. The van der Waals surface area contributed by atoms with Gasteiger partial charge in [-0.3, -0.25) is 4.98 Å². The van der Waals surface area contributed by atoms with E-state index in [9.17, 15) is 4.79 Å². The van der Waals surface area contributed by atoms with E-state index in [0.717, 1.165) is 15.7 Å². The van der Waals surface area contributed by atoms with Gasteiger partial charge in [-0.15, -0.1) is 0 Å². The molecule has 1 atom stereocenters. The van der Waals surface area contributed by atoms with Gasteiger partial charge in [0.25, 0.3) is 0 Å². The van der Waals surface area contributed by atoms with Crippen molar-refractivity contribution in [2.24, 2.45) is 0 Å². The number of H-pyrrole nitrogens is 1. The van der Waals surface area contributed by atoms with Gasteiger partial charge >= 0.3 is 5.76 Å². The highest BCUT2D eigenvalue weighted by Gasteiger charge is 2.11. The summed E-state index contributed by atoms with van der Waals surface area (Å²) in [6.45, 7) is 2.05. The molecule has 4 N–H and O–H groups in total. The maximum Gasteiger partial charge on any atom is 0.417 e. The summed E-state index contributed by atoms with van der Waals surface area (Å²) in [5.41, 5.74) is 9.50. The molecular formula is C15H14BrN3O2. The van der Waals surface area contributed by atoms with Crippen LogP contribution in [0.3, 0.4) is 0 Å². The summed E-state index contributed by atoms with van der Waals surface area (Å²) >= 11 is 3.46. The molecule has 1 heterocycles. The lowest BCUT2D eigenvalue weighted by atomic mass is 10.1. The quantitative estimate of drug-likeness (QED) is 0.631. The topological polar surface area (TPSA) is 84.0 Å². The van der Waals surface area contributed by atoms with Gasteiger partial charge in [0.1, 0.15) is 0 Å². The van der Waals surface area contributed by atoms with Crippen LogP contribution >= 0.6 is 15.9 Å². The third kappa shape index (κ3) is 2.80. The standard InChI is InChI=1S/C15H14BrN3O2/c1-8(9-3-2-4-10(16)5-9)18-12-7-13-14(6-11(12)17)21-15(20)19-13/h2-8,18H,17H2,1H3,(H,19,20). The van der Waals surface area contributed by atoms with Gasteiger partial charge in [0.05, 0.1) is 16.9 Å². The highest BCUT2D eigenvalue weighted by molar-refractivity contribution is 9.10. The summed E-state index contributed by atoms with van der Waals surface area (Å²) in [7, 11) is 0. The van der Waals surface area contributed by atoms with Crippen LogP contribution in [0, 0.1) is 0 Å². The van der Waals surface area contributed by atoms with Crippen LogP contribution in [-0.4, -0.2) is 4.98 Å². The minimum Gasteiger partial charge on any atom is -0.408 e. The van der Waals surface area contributed by atoms with Crippen molar-refractivity contribution in [3.05, 3.63) is 57.0 Å². The number of hydrogen-bond acceptors (Lipinski definition) is 4. The van der Waals surface area contributed by atoms with Crippen LogP contribution in [-0.2, 0) is 0 Å². The Morgan fingerprint density at radius 1 is 1.33 bits per heavy atom. The molecule has 0 spiro atoms. The molecule has 6 heteroatoms. The zero-order valence-corrected chi connectivity index (χ0v) is 12.9. The van der Waals surface area contributed by atoms with E-state index < -0.39 is 5.76 Å². The molecule has 108 valence electrons. The van der Waals surface area contributed by atoms with Crippen LogP contribution in [0.5, 0.6) is 0 Å². The van der Waals surface area contributed by atoms with Gasteiger partial charge in [-0.25, -0.2) is 4.79 Å². The van der Waals surface area contributed by atoms with Gasteiger partial charge in [-0.05, 0) is 30.7 Å². The maximum atomic E-state index is 11.2. The van der Waals surface area contributed by atoms with Crippen LogP contribution in [0.1, 0.15) is 18.5 Å². The number of hydrogen-bond donors (Lipinski definition) is 3. The van der Waals surface area contributed by atoms with Crippen molar-refractivity contribution in [3.63, 3.8) is 0 Å². The molecular weight excluding hydrogens is 334 g/mol. The van der Waals surface area contributed by atoms with Gasteiger partial charge < -0.3 is 15.5 Å². The Labute approximate surface area is 129 Å². The third-order valence-electron chi connectivity index (χ3n) is 3.31. The van der Waals surface area contributed by atoms with Crippen LogP contribution in [0.4, 0.5) is 11.4 Å². The molecule has 0 saturated heterocycles. The van der Waals surface area contributed by atoms with Crippen molar-refractivity contribution in [2.45, 2.75) is 13.0 Å². The zero-order chi connectivity index (χ0) is 15.0. The van der Waals surface area contributed by atoms with E-state index in [1.807, 2.05) is 31.2 Å². The lowest BCUT2D eigenvalue weighted by Gasteiger charge is -2.17. The number of aromatic amines is 1. The number of aromatic nitrogens is 1. The monoisotopic (exact) mass is 347 g/mol. The SMILES string of the molecule is CC(Nc1cc2[nH]c(=O)oc2cc1N)c1cccc(Br)c1. The normalized spacial score (nSPS) is 12.5. The van der Waals surface area contributed by atoms with Gasteiger partial charge in [-0.1, -0.05) is 28.1 Å². The minimum atomic E-state index is -0.485. The van der Waals surface area contributed by atoms with Gasteiger partial charge in [0.15, 0.2) is 5.58 Å². The molecule has 0 aliphatic rings. The number of nitrogen functional groups attached to an aromatic ring is 1. The van der Waals surface area contributed by atoms with Crippen molar-refractivity contribution in [2.75, 3.05) is 11.1 Å². The fourth-order valence-electron chi connectivity index (χ4n) is 2.23. The van der Waals surface area contributed by atoms with E-state index in [2.05, 4.69) is 26.2 Å². The summed E-state index contributed by atoms with van der Waals surface area (Å²) in [6.07, 6.45) is 0. The van der Waals surface area contributed by atoms with E-state index >= 15 is 0 Å². The van der Waals surface area contributed by atoms with Crippen LogP contribution in [0.2, 0.25) is 0 Å². The fraction of sp³-hybridized carbons (Fsp3) is 0.133. The summed E-state index contributed by atoms with van der Waals surface area (Å²) in [4.78, 5) is 13.8. The number of oxazole rings is 1. The summed E-state index contributed by atoms with van der Waals surface area (Å²) in [6, 6.07) is 11.5. The van der Waals surface area contributed by atoms with Gasteiger partial charge in [-0.2, -0.15) is 0 Å². The predicted octanol–water partition coefficient (Wildman–Crippen LogP) is 3.64. The molecule has 0 saturated carbocycles. The average molecular weight is 348 g/mol. The smallest absolute Gasteiger partial charge is 0.408 e. The summed E-state index contributed by atoms with van der Waals surface area (Å²) in [5, 5.41) is 3.35. The molecule has 21 heavy (non-hydrogen) atoms. The van der Waals surface area contributed by atoms with E-state index in [-0.39, 0.29) is 6.04 Å². The molecule has 1 aromatic heterocycles. The van der Waals surface area contributed by atoms with E-state index in [1.54, 1.807) is 12.1 Å². The number of benzene rings is 2. The summed E-state index contributed by atoms with van der Waals surface area (Å²) in [5.74, 6) is -0.485. The number of rotatable bonds is 3. The van der Waals surface area contributed by atoms with Crippen molar-refractivity contribution < 1.29 is 4.42 Å². The number of anilines is 2. The molecule has 0 aliphatic carbocycles. The predicted molar refractivity (Wildman–Crippen MR) is 87.4 cm³/mol. The second kappa shape index (κ2) is 5.29. The second-order valence-corrected chi connectivity index (χ2v) is 5.79. The molecule has 5 nitrogen and oxygen atoms in total. The Morgan fingerprint density at radius 2 is 2.14 bits per heavy atom. The first kappa shape index (κ1) is 13.8. The fourth-order valence-corrected chi connectivity index (χ4v) is 2.65. The van der Waals surface area contributed by atoms with Crippen LogP contribution in [0.15, 0.2) is 50.1 Å². The Bertz CT molecular complexity index is 853. The van der Waals surface area contributed by atoms with E-state index in [0.29, 0.717) is 16.8 Å². The average Bonchev–Trinajstić information content (AvgIpc) is 2.78. The molecule has 0 amide bonds. The molecule has 0 fully saturated rings. The van der Waals surface area contributed by atoms with Crippen molar-refractivity contribution in [3.8, 4) is 0 Å². The lowest BCUT2D eigenvalue weighted by Crippen LogP contribution is -2.08. The number of halogens is 1. The van der Waals surface area contributed by atoms with Gasteiger partial charge in [0.2, 0.25) is 0 Å². The molecule has 3 rings (SSSR count). The van der Waals surface area contributed by atoms with Crippen molar-refractivity contribution >= 4 is 38.4 Å². The van der Waals surface area contributed by atoms with E-state index in [1.165, 1.54) is 0 Å². The Balaban J connectivity index is 1.93. The molecule has 0 bridgehead atoms. The highest BCUT2D eigenvalue weighted by Crippen LogP contribution is 2.28. The van der Waals surface area contributed by atoms with Crippen LogP contribution in [0.25, 0.3) is 11.1 Å². The lowest BCUT2D eigenvalue weighted by molar-refractivity contribution is 0.555. The first-order valence-corrected chi connectivity index (χ1v) is 7.26. The Hall–Kier alpha value is -2.21. The van der Waals surface area contributed by atoms with Crippen molar-refractivity contribution in [1.82, 2.24) is 4.98 Å². The van der Waals surface area contributed by atoms with Gasteiger partial charge in [0, 0.05) is 16.6 Å². The largest absolute Gasteiger partial charge is 0.417 e. The number of fused-ring (bicyclic) bond motifs is 1. The first-order valence-electron chi connectivity index (χ1n) is 6.47. The van der Waals surface area contributed by atoms with E-state index in [4.69, 9.17) is 10.2 Å². The number of nitrogens with two attached hydrogens (primary N) is 1. The zero-order valence-electron chi connectivity index (χ0n) is 11.3. The summed E-state index contributed by atoms with van der Waals surface area (Å²) < 4.78 is 6.01. The molecule has 0 aliphatic heterocycles. The molecule has 2 aromatic carbocycles.